The van der Waals surface area contributed by atoms with E-state index in [-0.39, 0.29) is 0 Å². The lowest BCUT2D eigenvalue weighted by Crippen LogP contribution is -1.75. The molecule has 1 heterocycles. The van der Waals surface area contributed by atoms with Gasteiger partial charge in [-0.25, -0.2) is 0 Å². The fraction of sp³-hybridized carbons (Fsp3) is 0.143. The average Bonchev–Trinajstić information content (AvgIpc) is 2.35. The first-order valence-corrected chi connectivity index (χ1v) is 4.14. The van der Waals surface area contributed by atoms with Crippen LogP contribution in [0, 0.1) is 0 Å². The van der Waals surface area contributed by atoms with Crippen LogP contribution in [0.15, 0.2) is 33.7 Å². The molecular formula is C7H5ClS. The van der Waals surface area contributed by atoms with Crippen molar-refractivity contribution in [1.82, 2.24) is 0 Å². The molecule has 0 bridgehead atoms. The molecule has 2 heteroatoms. The molecule has 0 amide bonds. The summed E-state index contributed by atoms with van der Waals surface area (Å²) in [7, 11) is 0. The van der Waals surface area contributed by atoms with Crippen molar-refractivity contribution in [2.24, 2.45) is 0 Å². The number of rotatable bonds is 0. The van der Waals surface area contributed by atoms with Crippen LogP contribution in [0.3, 0.4) is 0 Å². The average molecular weight is 157 g/mol. The van der Waals surface area contributed by atoms with E-state index in [2.05, 4.69) is 12.2 Å². The molecule has 0 aromatic rings. The van der Waals surface area contributed by atoms with Crippen LogP contribution in [0.25, 0.3) is 0 Å². The highest BCUT2D eigenvalue weighted by Gasteiger charge is 2.18. The molecule has 0 saturated heterocycles. The molecule has 0 aromatic carbocycles. The molecule has 0 nitrogen and oxygen atoms in total. The highest BCUT2D eigenvalue weighted by atomic mass is 35.5. The summed E-state index contributed by atoms with van der Waals surface area (Å²) in [6.45, 7) is 0. The van der Waals surface area contributed by atoms with Gasteiger partial charge in [0.25, 0.3) is 0 Å². The molecule has 0 N–H and O–H groups in total. The minimum atomic E-state index is 0.954. The maximum atomic E-state index is 5.86. The first kappa shape index (κ1) is 5.63. The number of allylic oxidation sites excluding steroid dienone is 4. The van der Waals surface area contributed by atoms with E-state index >= 15 is 0 Å². The minimum Gasteiger partial charge on any atom is -0.109 e. The number of thioether (sulfide) groups is 1. The quantitative estimate of drug-likeness (QED) is 0.520. The maximum Gasteiger partial charge on any atom is 0.0813 e. The zero-order valence-corrected chi connectivity index (χ0v) is 6.30. The number of hydrogen-bond acceptors (Lipinski definition) is 1. The highest BCUT2D eigenvalue weighted by Crippen LogP contribution is 2.40. The van der Waals surface area contributed by atoms with Gasteiger partial charge in [-0.15, -0.1) is 11.8 Å². The summed E-state index contributed by atoms with van der Waals surface area (Å²) in [4.78, 5) is 0. The van der Waals surface area contributed by atoms with Crippen molar-refractivity contribution >= 4 is 23.4 Å². The lowest BCUT2D eigenvalue weighted by atomic mass is 10.2. The predicted octanol–water partition coefficient (Wildman–Crippen LogP) is 2.68. The van der Waals surface area contributed by atoms with Gasteiger partial charge in [0.1, 0.15) is 0 Å². The van der Waals surface area contributed by atoms with E-state index in [1.165, 1.54) is 11.1 Å². The van der Waals surface area contributed by atoms with Crippen LogP contribution in [0.4, 0.5) is 0 Å². The maximum absolute atomic E-state index is 5.86. The summed E-state index contributed by atoms with van der Waals surface area (Å²) in [5.74, 6) is 1.06. The Balaban J connectivity index is 2.52. The first-order valence-electron chi connectivity index (χ1n) is 2.78. The number of hydrogen-bond donors (Lipinski definition) is 0. The molecule has 2 aliphatic rings. The molecule has 46 valence electrons. The Labute approximate surface area is 63.3 Å². The number of halogens is 1. The van der Waals surface area contributed by atoms with Crippen LogP contribution in [-0.2, 0) is 0 Å². The molecule has 0 spiro atoms. The monoisotopic (exact) mass is 156 g/mol. The molecular weight excluding hydrogens is 152 g/mol. The van der Waals surface area contributed by atoms with Crippen LogP contribution in [0.2, 0.25) is 0 Å². The standard InChI is InChI=1S/C7H5ClS/c8-7-6-3-1-2-5(6)4-9-7/h1-3H,4H2. The van der Waals surface area contributed by atoms with E-state index in [1.807, 2.05) is 6.08 Å². The van der Waals surface area contributed by atoms with E-state index in [1.54, 1.807) is 11.8 Å². The van der Waals surface area contributed by atoms with Gasteiger partial charge >= 0.3 is 0 Å². The zero-order valence-electron chi connectivity index (χ0n) is 4.73. The second-order valence-corrected chi connectivity index (χ2v) is 3.61. The molecule has 9 heavy (non-hydrogen) atoms. The topological polar surface area (TPSA) is 0 Å². The molecule has 0 aromatic heterocycles. The summed E-state index contributed by atoms with van der Waals surface area (Å²) < 4.78 is 0.954. The lowest BCUT2D eigenvalue weighted by molar-refractivity contribution is 1.54. The van der Waals surface area contributed by atoms with Crippen molar-refractivity contribution in [3.8, 4) is 0 Å². The van der Waals surface area contributed by atoms with Crippen molar-refractivity contribution in [3.05, 3.63) is 33.7 Å². The van der Waals surface area contributed by atoms with Gasteiger partial charge in [0, 0.05) is 11.3 Å². The van der Waals surface area contributed by atoms with Gasteiger partial charge in [0.15, 0.2) is 0 Å². The van der Waals surface area contributed by atoms with E-state index in [4.69, 9.17) is 11.6 Å². The molecule has 0 unspecified atom stereocenters. The largest absolute Gasteiger partial charge is 0.109 e. The van der Waals surface area contributed by atoms with Crippen LogP contribution < -0.4 is 0 Å². The SMILES string of the molecule is ClC1=C2C=CC=C2CS1. The third kappa shape index (κ3) is 0.759. The molecule has 0 fully saturated rings. The van der Waals surface area contributed by atoms with Crippen LogP contribution >= 0.6 is 23.4 Å². The van der Waals surface area contributed by atoms with Crippen molar-refractivity contribution in [2.75, 3.05) is 5.75 Å². The molecule has 1 aliphatic heterocycles. The van der Waals surface area contributed by atoms with Crippen molar-refractivity contribution in [1.29, 1.82) is 0 Å². The number of fused-ring (bicyclic) bond motifs is 1. The van der Waals surface area contributed by atoms with Gasteiger partial charge in [-0.05, 0) is 5.57 Å². The third-order valence-corrected chi connectivity index (χ3v) is 2.93. The van der Waals surface area contributed by atoms with Gasteiger partial charge in [-0.2, -0.15) is 0 Å². The van der Waals surface area contributed by atoms with Crippen molar-refractivity contribution < 1.29 is 0 Å². The molecule has 2 rings (SSSR count). The Bertz CT molecular complexity index is 235. The van der Waals surface area contributed by atoms with E-state index in [9.17, 15) is 0 Å². The Morgan fingerprint density at radius 1 is 1.56 bits per heavy atom. The minimum absolute atomic E-state index is 0.954. The van der Waals surface area contributed by atoms with Gasteiger partial charge in [0.2, 0.25) is 0 Å². The summed E-state index contributed by atoms with van der Waals surface area (Å²) in [5, 5.41) is 0. The molecule has 1 aliphatic carbocycles. The molecule has 0 saturated carbocycles. The van der Waals surface area contributed by atoms with E-state index in [0.29, 0.717) is 0 Å². The molecule has 0 atom stereocenters. The smallest absolute Gasteiger partial charge is 0.0813 e. The summed E-state index contributed by atoms with van der Waals surface area (Å²) in [5.41, 5.74) is 2.62. The van der Waals surface area contributed by atoms with Gasteiger partial charge < -0.3 is 0 Å². The Morgan fingerprint density at radius 3 is 3.22 bits per heavy atom. The Kier molecular flexibility index (Phi) is 1.20. The zero-order chi connectivity index (χ0) is 6.27. The van der Waals surface area contributed by atoms with Gasteiger partial charge in [0.05, 0.1) is 4.36 Å². The van der Waals surface area contributed by atoms with Crippen LogP contribution in [0.1, 0.15) is 0 Å². The van der Waals surface area contributed by atoms with E-state index in [0.717, 1.165) is 10.1 Å². The third-order valence-electron chi connectivity index (χ3n) is 1.47. The van der Waals surface area contributed by atoms with Gasteiger partial charge in [-0.1, -0.05) is 29.8 Å². The van der Waals surface area contributed by atoms with Crippen LogP contribution in [-0.4, -0.2) is 5.75 Å². The fourth-order valence-corrected chi connectivity index (χ4v) is 2.23. The van der Waals surface area contributed by atoms with E-state index < -0.39 is 0 Å². The second kappa shape index (κ2) is 1.93. The predicted molar refractivity (Wildman–Crippen MR) is 42.6 cm³/mol. The molecule has 0 radical (unpaired) electrons. The normalized spacial score (nSPS) is 23.0. The van der Waals surface area contributed by atoms with Gasteiger partial charge in [-0.3, -0.25) is 0 Å². The Morgan fingerprint density at radius 2 is 2.44 bits per heavy atom. The first-order chi connectivity index (χ1) is 4.38. The lowest BCUT2D eigenvalue weighted by Gasteiger charge is -1.87. The summed E-state index contributed by atoms with van der Waals surface area (Å²) in [6, 6.07) is 0. The van der Waals surface area contributed by atoms with Crippen molar-refractivity contribution in [2.45, 2.75) is 0 Å². The highest BCUT2D eigenvalue weighted by molar-refractivity contribution is 8.05. The Hall–Kier alpha value is -0.140. The fourth-order valence-electron chi connectivity index (χ4n) is 0.994. The summed E-state index contributed by atoms with van der Waals surface area (Å²) >= 11 is 7.58. The summed E-state index contributed by atoms with van der Waals surface area (Å²) in [6.07, 6.45) is 6.24. The second-order valence-electron chi connectivity index (χ2n) is 2.03. The van der Waals surface area contributed by atoms with Crippen molar-refractivity contribution in [3.63, 3.8) is 0 Å². The van der Waals surface area contributed by atoms with Crippen LogP contribution in [0.5, 0.6) is 0 Å².